The Bertz CT molecular complexity index is 938. The summed E-state index contributed by atoms with van der Waals surface area (Å²) >= 11 is 0. The van der Waals surface area contributed by atoms with Crippen molar-refractivity contribution in [2.24, 2.45) is 0 Å². The maximum atomic E-state index is 11.3. The third kappa shape index (κ3) is 8.28. The van der Waals surface area contributed by atoms with E-state index in [9.17, 15) is 9.90 Å². The van der Waals surface area contributed by atoms with Crippen LogP contribution in [0, 0.1) is 0 Å². The molecule has 2 aromatic rings. The minimum absolute atomic E-state index is 0.124. The number of anilines is 1. The molecule has 0 radical (unpaired) electrons. The summed E-state index contributed by atoms with van der Waals surface area (Å²) in [7, 11) is 0. The van der Waals surface area contributed by atoms with Crippen LogP contribution in [0.3, 0.4) is 0 Å². The minimum Gasteiger partial charge on any atom is -0.477 e. The normalized spacial score (nSPS) is 23.1. The summed E-state index contributed by atoms with van der Waals surface area (Å²) in [4.78, 5) is 25.9. The summed E-state index contributed by atoms with van der Waals surface area (Å²) in [5.41, 5.74) is 8.98. The second-order valence-corrected chi connectivity index (χ2v) is 9.82. The third-order valence-corrected chi connectivity index (χ3v) is 7.20. The van der Waals surface area contributed by atoms with Gasteiger partial charge in [-0.1, -0.05) is 18.2 Å². The number of aromatic nitrogens is 1. The Morgan fingerprint density at radius 3 is 2.11 bits per heavy atom. The van der Waals surface area contributed by atoms with Crippen LogP contribution in [0.25, 0.3) is 0 Å². The molecule has 4 rings (SSSR count). The molecule has 8 nitrogen and oxygen atoms in total. The molecule has 0 saturated carbocycles. The van der Waals surface area contributed by atoms with Gasteiger partial charge in [-0.05, 0) is 75.3 Å². The van der Waals surface area contributed by atoms with E-state index in [2.05, 4.69) is 36.7 Å². The van der Waals surface area contributed by atoms with E-state index in [1.165, 1.54) is 12.0 Å². The lowest BCUT2D eigenvalue weighted by Gasteiger charge is -2.35. The Labute approximate surface area is 209 Å². The molecule has 190 valence electrons. The largest absolute Gasteiger partial charge is 0.477 e. The van der Waals surface area contributed by atoms with Gasteiger partial charge >= 0.3 is 5.97 Å². The number of aromatic carboxylic acids is 1. The molecule has 8 heteroatoms. The summed E-state index contributed by atoms with van der Waals surface area (Å²) in [5, 5.41) is 9.27. The van der Waals surface area contributed by atoms with Gasteiger partial charge in [0, 0.05) is 58.0 Å². The van der Waals surface area contributed by atoms with Gasteiger partial charge in [0.2, 0.25) is 0 Å². The molecule has 2 bridgehead atoms. The van der Waals surface area contributed by atoms with Crippen molar-refractivity contribution in [1.29, 1.82) is 0 Å². The van der Waals surface area contributed by atoms with Crippen molar-refractivity contribution < 1.29 is 9.90 Å². The lowest BCUT2D eigenvalue weighted by molar-refractivity contribution is 0.0689. The zero-order valence-corrected chi connectivity index (χ0v) is 20.8. The van der Waals surface area contributed by atoms with E-state index in [1.807, 2.05) is 18.2 Å². The maximum absolute atomic E-state index is 11.3. The van der Waals surface area contributed by atoms with Crippen molar-refractivity contribution in [2.45, 2.75) is 25.8 Å². The average molecular weight is 481 g/mol. The number of rotatable bonds is 6. The smallest absolute Gasteiger partial charge is 0.354 e. The molecule has 2 saturated heterocycles. The van der Waals surface area contributed by atoms with E-state index in [1.54, 1.807) is 12.1 Å². The summed E-state index contributed by atoms with van der Waals surface area (Å²) < 4.78 is 0. The SMILES string of the molecule is Nc1ccc(CCN2CCCN3CCN(CCCN(Cc4cccc(C(=O)O)n4)CC3)CC2)cc1. The van der Waals surface area contributed by atoms with Crippen LogP contribution in [0.4, 0.5) is 5.69 Å². The van der Waals surface area contributed by atoms with Crippen LogP contribution in [-0.2, 0) is 13.0 Å². The van der Waals surface area contributed by atoms with E-state index >= 15 is 0 Å². The molecule has 2 unspecified atom stereocenters. The number of hydrogen-bond donors (Lipinski definition) is 2. The highest BCUT2D eigenvalue weighted by Gasteiger charge is 2.19. The van der Waals surface area contributed by atoms with Gasteiger partial charge in [-0.25, -0.2) is 9.78 Å². The second-order valence-electron chi connectivity index (χ2n) is 9.82. The number of fused-ring (bicyclic) bond motifs is 3. The van der Waals surface area contributed by atoms with Crippen molar-refractivity contribution in [3.8, 4) is 0 Å². The lowest BCUT2D eigenvalue weighted by Crippen LogP contribution is -2.47. The van der Waals surface area contributed by atoms with E-state index in [0.29, 0.717) is 6.54 Å². The quantitative estimate of drug-likeness (QED) is 0.608. The first-order valence-corrected chi connectivity index (χ1v) is 13.0. The number of pyridine rings is 1. The Morgan fingerprint density at radius 2 is 1.43 bits per heavy atom. The van der Waals surface area contributed by atoms with E-state index in [0.717, 1.165) is 96.2 Å². The van der Waals surface area contributed by atoms with Gasteiger partial charge in [0.15, 0.2) is 0 Å². The highest BCUT2D eigenvalue weighted by Crippen LogP contribution is 2.11. The zero-order valence-electron chi connectivity index (χ0n) is 20.8. The van der Waals surface area contributed by atoms with Crippen molar-refractivity contribution >= 4 is 11.7 Å². The predicted molar refractivity (Wildman–Crippen MR) is 140 cm³/mol. The number of nitrogens with zero attached hydrogens (tertiary/aromatic N) is 5. The van der Waals surface area contributed by atoms with E-state index in [-0.39, 0.29) is 5.69 Å². The maximum Gasteiger partial charge on any atom is 0.354 e. The Kier molecular flexibility index (Phi) is 9.48. The highest BCUT2D eigenvalue weighted by molar-refractivity contribution is 5.85. The molecular formula is C27H40N6O2. The molecule has 0 spiro atoms. The number of carbonyl (C=O) groups is 1. The fraction of sp³-hybridized carbons (Fsp3) is 0.556. The molecule has 2 aliphatic rings. The fourth-order valence-electron chi connectivity index (χ4n) is 5.05. The summed E-state index contributed by atoms with van der Waals surface area (Å²) in [6.45, 7) is 12.6. The van der Waals surface area contributed by atoms with Crippen molar-refractivity contribution in [3.05, 3.63) is 59.4 Å². The molecular weight excluding hydrogens is 440 g/mol. The van der Waals surface area contributed by atoms with Crippen molar-refractivity contribution in [2.75, 3.05) is 77.7 Å². The Balaban J connectivity index is 1.33. The van der Waals surface area contributed by atoms with Gasteiger partial charge in [-0.15, -0.1) is 0 Å². The topological polar surface area (TPSA) is 89.2 Å². The lowest BCUT2D eigenvalue weighted by atomic mass is 10.1. The van der Waals surface area contributed by atoms with Crippen LogP contribution in [0.2, 0.25) is 0 Å². The molecule has 35 heavy (non-hydrogen) atoms. The highest BCUT2D eigenvalue weighted by atomic mass is 16.4. The van der Waals surface area contributed by atoms with E-state index in [4.69, 9.17) is 5.73 Å². The molecule has 1 aromatic heterocycles. The van der Waals surface area contributed by atoms with Crippen LogP contribution >= 0.6 is 0 Å². The van der Waals surface area contributed by atoms with Gasteiger partial charge < -0.3 is 25.5 Å². The molecule has 2 fully saturated rings. The molecule has 2 aliphatic heterocycles. The van der Waals surface area contributed by atoms with Crippen molar-refractivity contribution in [3.63, 3.8) is 0 Å². The third-order valence-electron chi connectivity index (χ3n) is 7.20. The summed E-state index contributed by atoms with van der Waals surface area (Å²) in [6.07, 6.45) is 3.37. The van der Waals surface area contributed by atoms with Gasteiger partial charge in [0.1, 0.15) is 5.69 Å². The number of carboxylic acids is 1. The molecule has 2 atom stereocenters. The number of hydrogen-bond acceptors (Lipinski definition) is 7. The van der Waals surface area contributed by atoms with Crippen molar-refractivity contribution in [1.82, 2.24) is 24.6 Å². The Morgan fingerprint density at radius 1 is 0.800 bits per heavy atom. The van der Waals surface area contributed by atoms with Gasteiger partial charge in [0.25, 0.3) is 0 Å². The zero-order chi connectivity index (χ0) is 24.5. The molecule has 0 amide bonds. The second kappa shape index (κ2) is 13.0. The average Bonchev–Trinajstić information content (AvgIpc) is 2.86. The predicted octanol–water partition coefficient (Wildman–Crippen LogP) is 2.12. The fourth-order valence-corrected chi connectivity index (χ4v) is 5.05. The first kappa shape index (κ1) is 25.6. The number of nitrogen functional groups attached to an aromatic ring is 1. The molecule has 0 aliphatic carbocycles. The van der Waals surface area contributed by atoms with Crippen LogP contribution in [0.1, 0.15) is 34.6 Å². The molecule has 3 heterocycles. The van der Waals surface area contributed by atoms with Crippen LogP contribution in [0.5, 0.6) is 0 Å². The monoisotopic (exact) mass is 480 g/mol. The van der Waals surface area contributed by atoms with Crippen LogP contribution in [0.15, 0.2) is 42.5 Å². The standard InChI is InChI=1S/C27H40N6O2/c28-24-8-6-23(7-9-24)10-15-30-11-2-12-32-19-18-31(17-16-30)13-3-14-33(21-20-32)22-25-4-1-5-26(29-25)27(34)35/h1,4-9H,2-3,10-22,28H2,(H,34,35). The summed E-state index contributed by atoms with van der Waals surface area (Å²) in [6, 6.07) is 13.6. The molecule has 3 N–H and O–H groups in total. The first-order valence-electron chi connectivity index (χ1n) is 13.0. The summed E-state index contributed by atoms with van der Waals surface area (Å²) in [5.74, 6) is -0.966. The first-order chi connectivity index (χ1) is 17.0. The van der Waals surface area contributed by atoms with Gasteiger partial charge in [-0.2, -0.15) is 0 Å². The van der Waals surface area contributed by atoms with E-state index < -0.39 is 5.97 Å². The minimum atomic E-state index is -0.966. The Hall–Kier alpha value is -2.52. The van der Waals surface area contributed by atoms with Gasteiger partial charge in [0.05, 0.1) is 5.69 Å². The van der Waals surface area contributed by atoms with Crippen LogP contribution < -0.4 is 5.73 Å². The molecule has 1 aromatic carbocycles. The number of benzene rings is 1. The van der Waals surface area contributed by atoms with Crippen LogP contribution in [-0.4, -0.2) is 108 Å². The van der Waals surface area contributed by atoms with Gasteiger partial charge in [-0.3, -0.25) is 4.90 Å². The number of nitrogens with two attached hydrogens (primary N) is 1. The number of carboxylic acid groups (broad SMARTS) is 1.